The van der Waals surface area contributed by atoms with Gasteiger partial charge in [0.05, 0.1) is 5.69 Å². The van der Waals surface area contributed by atoms with E-state index in [0.29, 0.717) is 6.54 Å². The highest BCUT2D eigenvalue weighted by molar-refractivity contribution is 5.89. The second-order valence-electron chi connectivity index (χ2n) is 5.83. The summed E-state index contributed by atoms with van der Waals surface area (Å²) in [5.41, 5.74) is 2.05. The number of urea groups is 1. The third kappa shape index (κ3) is 4.45. The summed E-state index contributed by atoms with van der Waals surface area (Å²) >= 11 is 0. The standard InChI is InChI=1S/C21H18F2N2O/c22-17-11-12-20(19(23)13-17)25-21(26)24-14-18(15-7-3-1-4-8-15)16-9-5-2-6-10-16/h1-13,18H,14H2,(H2,24,25,26). The molecule has 0 fully saturated rings. The predicted octanol–water partition coefficient (Wildman–Crippen LogP) is 4.92. The average Bonchev–Trinajstić information content (AvgIpc) is 2.66. The maximum Gasteiger partial charge on any atom is 0.319 e. The number of halogens is 2. The Morgan fingerprint density at radius 2 is 1.42 bits per heavy atom. The van der Waals surface area contributed by atoms with Gasteiger partial charge in [-0.2, -0.15) is 0 Å². The Hall–Kier alpha value is -3.21. The normalized spacial score (nSPS) is 10.6. The molecule has 3 aromatic rings. The molecular formula is C21H18F2N2O. The molecule has 3 aromatic carbocycles. The maximum atomic E-state index is 13.7. The van der Waals surface area contributed by atoms with Crippen LogP contribution in [0.2, 0.25) is 0 Å². The van der Waals surface area contributed by atoms with Gasteiger partial charge in [-0.15, -0.1) is 0 Å². The average molecular weight is 352 g/mol. The Morgan fingerprint density at radius 1 is 0.846 bits per heavy atom. The van der Waals surface area contributed by atoms with Crippen LogP contribution in [0.3, 0.4) is 0 Å². The predicted molar refractivity (Wildman–Crippen MR) is 98.1 cm³/mol. The summed E-state index contributed by atoms with van der Waals surface area (Å²) < 4.78 is 26.6. The van der Waals surface area contributed by atoms with Crippen molar-refractivity contribution in [2.24, 2.45) is 0 Å². The smallest absolute Gasteiger partial charge is 0.319 e. The highest BCUT2D eigenvalue weighted by atomic mass is 19.1. The molecule has 0 saturated carbocycles. The molecule has 3 nitrogen and oxygen atoms in total. The van der Waals surface area contributed by atoms with Crippen molar-refractivity contribution >= 4 is 11.7 Å². The van der Waals surface area contributed by atoms with Gasteiger partial charge in [-0.3, -0.25) is 0 Å². The first-order valence-electron chi connectivity index (χ1n) is 8.23. The quantitative estimate of drug-likeness (QED) is 0.672. The van der Waals surface area contributed by atoms with E-state index in [0.717, 1.165) is 23.3 Å². The first-order chi connectivity index (χ1) is 12.6. The molecule has 0 radical (unpaired) electrons. The second-order valence-corrected chi connectivity index (χ2v) is 5.83. The van der Waals surface area contributed by atoms with Gasteiger partial charge in [0.2, 0.25) is 0 Å². The molecule has 0 aromatic heterocycles. The minimum Gasteiger partial charge on any atom is -0.337 e. The number of hydrogen-bond donors (Lipinski definition) is 2. The monoisotopic (exact) mass is 352 g/mol. The molecule has 2 amide bonds. The Labute approximate surface area is 150 Å². The van der Waals surface area contributed by atoms with Crippen LogP contribution >= 0.6 is 0 Å². The van der Waals surface area contributed by atoms with E-state index in [-0.39, 0.29) is 11.6 Å². The first kappa shape index (κ1) is 17.6. The van der Waals surface area contributed by atoms with Crippen LogP contribution < -0.4 is 10.6 Å². The summed E-state index contributed by atoms with van der Waals surface area (Å²) in [5.74, 6) is -1.55. The number of benzene rings is 3. The minimum absolute atomic E-state index is 0.0405. The lowest BCUT2D eigenvalue weighted by Gasteiger charge is -2.19. The fourth-order valence-electron chi connectivity index (χ4n) is 2.75. The fourth-order valence-corrected chi connectivity index (χ4v) is 2.75. The van der Waals surface area contributed by atoms with Gasteiger partial charge >= 0.3 is 6.03 Å². The van der Waals surface area contributed by atoms with Crippen molar-refractivity contribution in [1.29, 1.82) is 0 Å². The van der Waals surface area contributed by atoms with E-state index < -0.39 is 17.7 Å². The highest BCUT2D eigenvalue weighted by Gasteiger charge is 2.15. The zero-order valence-corrected chi connectivity index (χ0v) is 14.0. The summed E-state index contributed by atoms with van der Waals surface area (Å²) in [6.45, 7) is 0.336. The van der Waals surface area contributed by atoms with E-state index in [1.54, 1.807) is 0 Å². The van der Waals surface area contributed by atoms with Gasteiger partial charge in [-0.25, -0.2) is 13.6 Å². The Morgan fingerprint density at radius 3 is 1.96 bits per heavy atom. The lowest BCUT2D eigenvalue weighted by molar-refractivity contribution is 0.251. The van der Waals surface area contributed by atoms with E-state index in [1.165, 1.54) is 6.07 Å². The Balaban J connectivity index is 1.71. The summed E-state index contributed by atoms with van der Waals surface area (Å²) in [4.78, 5) is 12.1. The number of rotatable bonds is 5. The van der Waals surface area contributed by atoms with E-state index in [1.807, 2.05) is 60.7 Å². The summed E-state index contributed by atoms with van der Waals surface area (Å²) in [5, 5.41) is 5.16. The number of nitrogens with one attached hydrogen (secondary N) is 2. The van der Waals surface area contributed by atoms with Crippen molar-refractivity contribution in [3.63, 3.8) is 0 Å². The molecule has 0 aliphatic heterocycles. The van der Waals surface area contributed by atoms with Crippen LogP contribution in [-0.2, 0) is 0 Å². The molecule has 5 heteroatoms. The third-order valence-corrected chi connectivity index (χ3v) is 4.05. The van der Waals surface area contributed by atoms with Gasteiger partial charge in [0.15, 0.2) is 0 Å². The van der Waals surface area contributed by atoms with E-state index in [9.17, 15) is 13.6 Å². The van der Waals surface area contributed by atoms with Crippen LogP contribution in [-0.4, -0.2) is 12.6 Å². The van der Waals surface area contributed by atoms with Gasteiger partial charge < -0.3 is 10.6 Å². The second kappa shape index (κ2) is 8.25. The molecule has 0 atom stereocenters. The van der Waals surface area contributed by atoms with Crippen LogP contribution in [0.4, 0.5) is 19.3 Å². The third-order valence-electron chi connectivity index (χ3n) is 4.05. The molecule has 0 spiro atoms. The van der Waals surface area contributed by atoms with Crippen molar-refractivity contribution in [2.75, 3.05) is 11.9 Å². The molecule has 0 aliphatic rings. The minimum atomic E-state index is -0.817. The van der Waals surface area contributed by atoms with Crippen LogP contribution in [0.5, 0.6) is 0 Å². The zero-order chi connectivity index (χ0) is 18.4. The summed E-state index contributed by atoms with van der Waals surface area (Å²) in [6.07, 6.45) is 0. The van der Waals surface area contributed by atoms with Gasteiger partial charge in [-0.05, 0) is 23.3 Å². The van der Waals surface area contributed by atoms with Crippen molar-refractivity contribution in [1.82, 2.24) is 5.32 Å². The van der Waals surface area contributed by atoms with Gasteiger partial charge in [-0.1, -0.05) is 60.7 Å². The van der Waals surface area contributed by atoms with Gasteiger partial charge in [0.1, 0.15) is 11.6 Å². The van der Waals surface area contributed by atoms with Gasteiger partial charge in [0.25, 0.3) is 0 Å². The van der Waals surface area contributed by atoms with Crippen molar-refractivity contribution in [3.05, 3.63) is 102 Å². The lowest BCUT2D eigenvalue weighted by atomic mass is 9.91. The molecule has 0 bridgehead atoms. The van der Waals surface area contributed by atoms with E-state index in [4.69, 9.17) is 0 Å². The van der Waals surface area contributed by atoms with E-state index >= 15 is 0 Å². The first-order valence-corrected chi connectivity index (χ1v) is 8.23. The molecule has 26 heavy (non-hydrogen) atoms. The molecular weight excluding hydrogens is 334 g/mol. The van der Waals surface area contributed by atoms with Crippen molar-refractivity contribution < 1.29 is 13.6 Å². The fraction of sp³-hybridized carbons (Fsp3) is 0.0952. The molecule has 3 rings (SSSR count). The molecule has 0 unspecified atom stereocenters. The zero-order valence-electron chi connectivity index (χ0n) is 14.0. The molecule has 0 saturated heterocycles. The number of anilines is 1. The SMILES string of the molecule is O=C(NCC(c1ccccc1)c1ccccc1)Nc1ccc(F)cc1F. The molecule has 0 aliphatic carbocycles. The van der Waals surface area contributed by atoms with Crippen LogP contribution in [0.1, 0.15) is 17.0 Å². The van der Waals surface area contributed by atoms with Crippen LogP contribution in [0.25, 0.3) is 0 Å². The molecule has 2 N–H and O–H groups in total. The van der Waals surface area contributed by atoms with Gasteiger partial charge in [0, 0.05) is 18.5 Å². The number of carbonyl (C=O) groups excluding carboxylic acids is 1. The molecule has 132 valence electrons. The van der Waals surface area contributed by atoms with Crippen LogP contribution in [0, 0.1) is 11.6 Å². The molecule has 0 heterocycles. The number of carbonyl (C=O) groups is 1. The Kier molecular flexibility index (Phi) is 5.59. The maximum absolute atomic E-state index is 13.7. The number of amides is 2. The summed E-state index contributed by atoms with van der Waals surface area (Å²) in [6, 6.07) is 22.1. The van der Waals surface area contributed by atoms with Crippen molar-refractivity contribution in [2.45, 2.75) is 5.92 Å². The summed E-state index contributed by atoms with van der Waals surface area (Å²) in [7, 11) is 0. The van der Waals surface area contributed by atoms with Crippen LogP contribution in [0.15, 0.2) is 78.9 Å². The number of hydrogen-bond acceptors (Lipinski definition) is 1. The van der Waals surface area contributed by atoms with Crippen molar-refractivity contribution in [3.8, 4) is 0 Å². The topological polar surface area (TPSA) is 41.1 Å². The highest BCUT2D eigenvalue weighted by Crippen LogP contribution is 2.23. The largest absolute Gasteiger partial charge is 0.337 e. The lowest BCUT2D eigenvalue weighted by Crippen LogP contribution is -2.33. The Bertz CT molecular complexity index is 830. The van der Waals surface area contributed by atoms with E-state index in [2.05, 4.69) is 10.6 Å².